The second kappa shape index (κ2) is 9.21. The van der Waals surface area contributed by atoms with E-state index in [1.807, 2.05) is 6.92 Å². The maximum Gasteiger partial charge on any atom is 0.307 e. The van der Waals surface area contributed by atoms with E-state index in [-0.39, 0.29) is 16.3 Å². The molecule has 2 aromatic rings. The standard InChI is InChI=1S/C18H17Cl2NO5S/c1-12-2-5-14(6-3-12)27(24,25)9-8-18(23)26-11-17(22)21-13-4-7-15(19)16(20)10-13/h2-7,10H,8-9,11H2,1H3,(H,21,22). The number of carbonyl (C=O) groups is 2. The van der Waals surface area contributed by atoms with Crippen LogP contribution in [-0.2, 0) is 24.2 Å². The Hall–Kier alpha value is -2.09. The number of hydrogen-bond acceptors (Lipinski definition) is 5. The number of halogens is 2. The third-order valence-electron chi connectivity index (χ3n) is 3.52. The van der Waals surface area contributed by atoms with Gasteiger partial charge in [0, 0.05) is 5.69 Å². The molecule has 1 amide bonds. The van der Waals surface area contributed by atoms with E-state index in [1.165, 1.54) is 24.3 Å². The topological polar surface area (TPSA) is 89.5 Å². The Bertz CT molecular complexity index is 943. The summed E-state index contributed by atoms with van der Waals surface area (Å²) in [7, 11) is -3.60. The van der Waals surface area contributed by atoms with Crippen molar-refractivity contribution in [3.63, 3.8) is 0 Å². The average Bonchev–Trinajstić information content (AvgIpc) is 2.62. The smallest absolute Gasteiger partial charge is 0.307 e. The number of sulfone groups is 1. The summed E-state index contributed by atoms with van der Waals surface area (Å²) in [6.07, 6.45) is -0.351. The first-order valence-electron chi connectivity index (χ1n) is 7.87. The zero-order valence-corrected chi connectivity index (χ0v) is 16.7. The number of aryl methyl sites for hydroxylation is 1. The molecular formula is C18H17Cl2NO5S. The summed E-state index contributed by atoms with van der Waals surface area (Å²) >= 11 is 11.6. The zero-order chi connectivity index (χ0) is 20.0. The van der Waals surface area contributed by atoms with Gasteiger partial charge in [-0.15, -0.1) is 0 Å². The van der Waals surface area contributed by atoms with Crippen LogP contribution in [0.2, 0.25) is 10.0 Å². The van der Waals surface area contributed by atoms with E-state index in [0.29, 0.717) is 10.7 Å². The van der Waals surface area contributed by atoms with Crippen LogP contribution in [0.25, 0.3) is 0 Å². The highest BCUT2D eigenvalue weighted by Gasteiger charge is 2.17. The van der Waals surface area contributed by atoms with Gasteiger partial charge in [0.1, 0.15) is 0 Å². The number of nitrogens with one attached hydrogen (secondary N) is 1. The van der Waals surface area contributed by atoms with Crippen LogP contribution in [0.1, 0.15) is 12.0 Å². The van der Waals surface area contributed by atoms with Gasteiger partial charge in [-0.2, -0.15) is 0 Å². The number of carbonyl (C=O) groups excluding carboxylic acids is 2. The molecule has 0 fully saturated rings. The Kier molecular flexibility index (Phi) is 7.24. The molecule has 144 valence electrons. The minimum absolute atomic E-state index is 0.137. The van der Waals surface area contributed by atoms with Crippen LogP contribution in [0.3, 0.4) is 0 Å². The molecular weight excluding hydrogens is 413 g/mol. The number of esters is 1. The van der Waals surface area contributed by atoms with E-state index < -0.39 is 34.1 Å². The number of hydrogen-bond donors (Lipinski definition) is 1. The van der Waals surface area contributed by atoms with E-state index in [2.05, 4.69) is 5.32 Å². The van der Waals surface area contributed by atoms with Crippen LogP contribution in [0, 0.1) is 6.92 Å². The summed E-state index contributed by atoms with van der Waals surface area (Å²) in [5.74, 6) is -1.76. The van der Waals surface area contributed by atoms with E-state index in [4.69, 9.17) is 27.9 Å². The average molecular weight is 430 g/mol. The van der Waals surface area contributed by atoms with Gasteiger partial charge >= 0.3 is 5.97 Å². The molecule has 0 aliphatic carbocycles. The van der Waals surface area contributed by atoms with Gasteiger partial charge in [0.2, 0.25) is 0 Å². The molecule has 0 heterocycles. The first-order chi connectivity index (χ1) is 12.7. The quantitative estimate of drug-likeness (QED) is 0.678. The Morgan fingerprint density at radius 3 is 2.33 bits per heavy atom. The molecule has 2 aromatic carbocycles. The second-order valence-electron chi connectivity index (χ2n) is 5.72. The summed E-state index contributed by atoms with van der Waals surface area (Å²) < 4.78 is 29.2. The fourth-order valence-electron chi connectivity index (χ4n) is 2.07. The number of benzene rings is 2. The monoisotopic (exact) mass is 429 g/mol. The first kappa shape index (κ1) is 21.2. The Morgan fingerprint density at radius 1 is 1.04 bits per heavy atom. The normalized spacial score (nSPS) is 11.1. The van der Waals surface area contributed by atoms with Crippen molar-refractivity contribution in [2.75, 3.05) is 17.7 Å². The molecule has 0 saturated carbocycles. The predicted molar refractivity (Wildman–Crippen MR) is 104 cm³/mol. The number of amides is 1. The fourth-order valence-corrected chi connectivity index (χ4v) is 3.59. The van der Waals surface area contributed by atoms with Crippen molar-refractivity contribution in [3.8, 4) is 0 Å². The third-order valence-corrected chi connectivity index (χ3v) is 5.99. The lowest BCUT2D eigenvalue weighted by Crippen LogP contribution is -2.22. The molecule has 0 unspecified atom stereocenters. The van der Waals surface area contributed by atoms with Crippen LogP contribution in [0.5, 0.6) is 0 Å². The summed E-state index contributed by atoms with van der Waals surface area (Å²) in [4.78, 5) is 23.6. The molecule has 0 radical (unpaired) electrons. The lowest BCUT2D eigenvalue weighted by molar-refractivity contribution is -0.146. The van der Waals surface area contributed by atoms with E-state index in [0.717, 1.165) is 5.56 Å². The van der Waals surface area contributed by atoms with Gasteiger partial charge < -0.3 is 10.1 Å². The summed E-state index contributed by atoms with van der Waals surface area (Å²) in [5.41, 5.74) is 1.33. The van der Waals surface area contributed by atoms with Gasteiger partial charge in [-0.05, 0) is 37.3 Å². The molecule has 0 spiro atoms. The van der Waals surface area contributed by atoms with E-state index in [9.17, 15) is 18.0 Å². The molecule has 9 heteroatoms. The van der Waals surface area contributed by atoms with Gasteiger partial charge in [0.05, 0.1) is 27.1 Å². The van der Waals surface area contributed by atoms with Crippen molar-refractivity contribution in [2.24, 2.45) is 0 Å². The maximum absolute atomic E-state index is 12.2. The van der Waals surface area contributed by atoms with Crippen LogP contribution in [0.4, 0.5) is 5.69 Å². The molecule has 0 atom stereocenters. The molecule has 2 rings (SSSR count). The Labute approximate surface area is 167 Å². The van der Waals surface area contributed by atoms with Crippen LogP contribution in [-0.4, -0.2) is 32.7 Å². The largest absolute Gasteiger partial charge is 0.456 e. The number of rotatable bonds is 7. The Balaban J connectivity index is 1.80. The van der Waals surface area contributed by atoms with E-state index in [1.54, 1.807) is 18.2 Å². The molecule has 0 saturated heterocycles. The first-order valence-corrected chi connectivity index (χ1v) is 10.3. The summed E-state index contributed by atoms with van der Waals surface area (Å²) in [6, 6.07) is 10.8. The highest BCUT2D eigenvalue weighted by molar-refractivity contribution is 7.91. The van der Waals surface area contributed by atoms with Crippen molar-refractivity contribution in [2.45, 2.75) is 18.2 Å². The molecule has 1 N–H and O–H groups in total. The fraction of sp³-hybridized carbons (Fsp3) is 0.222. The highest BCUT2D eigenvalue weighted by atomic mass is 35.5. The molecule has 0 aromatic heterocycles. The van der Waals surface area contributed by atoms with Crippen molar-refractivity contribution >= 4 is 50.6 Å². The van der Waals surface area contributed by atoms with Crippen molar-refractivity contribution in [3.05, 3.63) is 58.1 Å². The van der Waals surface area contributed by atoms with Crippen molar-refractivity contribution in [1.82, 2.24) is 0 Å². The molecule has 0 bridgehead atoms. The lowest BCUT2D eigenvalue weighted by atomic mass is 10.2. The van der Waals surface area contributed by atoms with Crippen LogP contribution >= 0.6 is 23.2 Å². The minimum Gasteiger partial charge on any atom is -0.456 e. The minimum atomic E-state index is -3.60. The van der Waals surface area contributed by atoms with Gasteiger partial charge in [-0.1, -0.05) is 40.9 Å². The van der Waals surface area contributed by atoms with Crippen molar-refractivity contribution in [1.29, 1.82) is 0 Å². The third kappa shape index (κ3) is 6.53. The van der Waals surface area contributed by atoms with Gasteiger partial charge in [0.25, 0.3) is 5.91 Å². The molecule has 6 nitrogen and oxygen atoms in total. The van der Waals surface area contributed by atoms with Crippen LogP contribution in [0.15, 0.2) is 47.4 Å². The predicted octanol–water partition coefficient (Wildman–Crippen LogP) is 3.65. The molecule has 0 aliphatic rings. The molecule has 0 aliphatic heterocycles. The SMILES string of the molecule is Cc1ccc(S(=O)(=O)CCC(=O)OCC(=O)Nc2ccc(Cl)c(Cl)c2)cc1. The highest BCUT2D eigenvalue weighted by Crippen LogP contribution is 2.24. The van der Waals surface area contributed by atoms with Gasteiger partial charge in [-0.3, -0.25) is 9.59 Å². The lowest BCUT2D eigenvalue weighted by Gasteiger charge is -2.08. The van der Waals surface area contributed by atoms with Gasteiger partial charge in [-0.25, -0.2) is 8.42 Å². The summed E-state index contributed by atoms with van der Waals surface area (Å²) in [5, 5.41) is 3.11. The number of anilines is 1. The Morgan fingerprint density at radius 2 is 1.70 bits per heavy atom. The maximum atomic E-state index is 12.2. The second-order valence-corrected chi connectivity index (χ2v) is 8.64. The summed E-state index contributed by atoms with van der Waals surface area (Å²) in [6.45, 7) is 1.31. The number of ether oxygens (including phenoxy) is 1. The molecule has 27 heavy (non-hydrogen) atoms. The zero-order valence-electron chi connectivity index (χ0n) is 14.4. The van der Waals surface area contributed by atoms with Crippen molar-refractivity contribution < 1.29 is 22.7 Å². The van der Waals surface area contributed by atoms with Crippen LogP contribution < -0.4 is 5.32 Å². The van der Waals surface area contributed by atoms with E-state index >= 15 is 0 Å². The van der Waals surface area contributed by atoms with Gasteiger partial charge in [0.15, 0.2) is 16.4 Å².